The molecule has 1 heterocycles. The molecule has 3 nitrogen and oxygen atoms in total. The molecule has 2 atom stereocenters. The average Bonchev–Trinajstić information content (AvgIpc) is 2.79. The van der Waals surface area contributed by atoms with Crippen molar-refractivity contribution in [1.29, 1.82) is 0 Å². The highest BCUT2D eigenvalue weighted by atomic mass is 16.2. The molecule has 2 rings (SSSR count). The quantitative estimate of drug-likeness (QED) is 0.865. The number of nitrogens with zero attached hydrogens (tertiary/aromatic N) is 1. The average molecular weight is 232 g/mol. The van der Waals surface area contributed by atoms with Crippen LogP contribution in [0.1, 0.15) is 31.4 Å². The molecule has 0 aromatic heterocycles. The van der Waals surface area contributed by atoms with Crippen molar-refractivity contribution < 1.29 is 4.79 Å². The fourth-order valence-electron chi connectivity index (χ4n) is 2.20. The summed E-state index contributed by atoms with van der Waals surface area (Å²) in [7, 11) is 0. The number of carbonyl (C=O) groups is 1. The lowest BCUT2D eigenvalue weighted by molar-refractivity contribution is -0.134. The monoisotopic (exact) mass is 232 g/mol. The van der Waals surface area contributed by atoms with Crippen molar-refractivity contribution >= 4 is 5.91 Å². The zero-order valence-corrected chi connectivity index (χ0v) is 10.5. The van der Waals surface area contributed by atoms with Crippen LogP contribution in [0, 0.1) is 5.92 Å². The van der Waals surface area contributed by atoms with Gasteiger partial charge in [-0.3, -0.25) is 4.79 Å². The maximum Gasteiger partial charge on any atom is 0.240 e. The van der Waals surface area contributed by atoms with Gasteiger partial charge in [0.25, 0.3) is 0 Å². The zero-order chi connectivity index (χ0) is 12.4. The predicted octanol–water partition coefficient (Wildman–Crippen LogP) is 1.90. The summed E-state index contributed by atoms with van der Waals surface area (Å²) in [6, 6.07) is 7.83. The van der Waals surface area contributed by atoms with Crippen molar-refractivity contribution in [3.63, 3.8) is 0 Å². The minimum atomic E-state index is -0.366. The second-order valence-electron chi connectivity index (χ2n) is 4.87. The van der Waals surface area contributed by atoms with Crippen molar-refractivity contribution in [2.75, 3.05) is 0 Å². The molecular weight excluding hydrogens is 212 g/mol. The van der Waals surface area contributed by atoms with E-state index < -0.39 is 0 Å². The van der Waals surface area contributed by atoms with Crippen molar-refractivity contribution in [1.82, 2.24) is 4.90 Å². The van der Waals surface area contributed by atoms with Crippen LogP contribution in [-0.4, -0.2) is 16.8 Å². The Balaban J connectivity index is 2.05. The first-order chi connectivity index (χ1) is 8.13. The Morgan fingerprint density at radius 2 is 1.88 bits per heavy atom. The molecule has 0 unspecified atom stereocenters. The maximum absolute atomic E-state index is 12.2. The molecule has 0 spiro atoms. The first kappa shape index (κ1) is 12.1. The molecular formula is C14H20N2O. The minimum Gasteiger partial charge on any atom is -0.333 e. The lowest BCUT2D eigenvalue weighted by atomic mass is 9.99. The molecule has 1 aliphatic rings. The second kappa shape index (κ2) is 4.88. The Morgan fingerprint density at radius 1 is 1.35 bits per heavy atom. The molecule has 3 heteroatoms. The molecule has 2 N–H and O–H groups in total. The molecule has 0 bridgehead atoms. The fraction of sp³-hybridized carbons (Fsp3) is 0.500. The SMILES string of the molecule is CC[C@H](C)[C@H](N)C(=O)N1Cc2ccccc2C1. The summed E-state index contributed by atoms with van der Waals surface area (Å²) in [5.41, 5.74) is 8.49. The Morgan fingerprint density at radius 3 is 2.35 bits per heavy atom. The number of hydrogen-bond donors (Lipinski definition) is 1. The van der Waals surface area contributed by atoms with Gasteiger partial charge in [0.15, 0.2) is 0 Å². The molecule has 17 heavy (non-hydrogen) atoms. The molecule has 1 amide bonds. The molecule has 1 aliphatic heterocycles. The highest BCUT2D eigenvalue weighted by Gasteiger charge is 2.28. The highest BCUT2D eigenvalue weighted by molar-refractivity contribution is 5.82. The van der Waals surface area contributed by atoms with Crippen LogP contribution in [0.25, 0.3) is 0 Å². The summed E-state index contributed by atoms with van der Waals surface area (Å²) in [6.45, 7) is 5.51. The molecule has 0 saturated heterocycles. The van der Waals surface area contributed by atoms with E-state index >= 15 is 0 Å². The van der Waals surface area contributed by atoms with Gasteiger partial charge in [0.1, 0.15) is 0 Å². The van der Waals surface area contributed by atoms with E-state index in [1.807, 2.05) is 24.0 Å². The highest BCUT2D eigenvalue weighted by Crippen LogP contribution is 2.23. The van der Waals surface area contributed by atoms with E-state index in [0.717, 1.165) is 6.42 Å². The van der Waals surface area contributed by atoms with Gasteiger partial charge in [-0.05, 0) is 17.0 Å². The normalized spacial score (nSPS) is 17.7. The number of carbonyl (C=O) groups excluding carboxylic acids is 1. The molecule has 92 valence electrons. The summed E-state index contributed by atoms with van der Waals surface area (Å²) in [6.07, 6.45) is 0.938. The second-order valence-corrected chi connectivity index (χ2v) is 4.87. The molecule has 0 aliphatic carbocycles. The number of rotatable bonds is 3. The Hall–Kier alpha value is -1.35. The lowest BCUT2D eigenvalue weighted by Crippen LogP contribution is -2.44. The Labute approximate surface area is 103 Å². The number of benzene rings is 1. The first-order valence-electron chi connectivity index (χ1n) is 6.24. The maximum atomic E-state index is 12.2. The van der Waals surface area contributed by atoms with Crippen molar-refractivity contribution in [3.05, 3.63) is 35.4 Å². The first-order valence-corrected chi connectivity index (χ1v) is 6.24. The largest absolute Gasteiger partial charge is 0.333 e. The fourth-order valence-corrected chi connectivity index (χ4v) is 2.20. The van der Waals surface area contributed by atoms with Gasteiger partial charge in [0.2, 0.25) is 5.91 Å². The van der Waals surface area contributed by atoms with Crippen LogP contribution >= 0.6 is 0 Å². The van der Waals surface area contributed by atoms with E-state index in [0.29, 0.717) is 13.1 Å². The van der Waals surface area contributed by atoms with Crippen LogP contribution in [0.2, 0.25) is 0 Å². The van der Waals surface area contributed by atoms with Crippen molar-refractivity contribution in [3.8, 4) is 0 Å². The van der Waals surface area contributed by atoms with Gasteiger partial charge in [-0.2, -0.15) is 0 Å². The van der Waals surface area contributed by atoms with Crippen LogP contribution in [0.5, 0.6) is 0 Å². The molecule has 0 saturated carbocycles. The van der Waals surface area contributed by atoms with E-state index in [9.17, 15) is 4.79 Å². The van der Waals surface area contributed by atoms with E-state index in [1.165, 1.54) is 11.1 Å². The Kier molecular flexibility index (Phi) is 3.48. The minimum absolute atomic E-state index is 0.0792. The number of nitrogens with two attached hydrogens (primary N) is 1. The number of fused-ring (bicyclic) bond motifs is 1. The van der Waals surface area contributed by atoms with Crippen molar-refractivity contribution in [2.45, 2.75) is 39.4 Å². The molecule has 1 aromatic carbocycles. The van der Waals surface area contributed by atoms with E-state index in [4.69, 9.17) is 5.73 Å². The number of amides is 1. The van der Waals surface area contributed by atoms with E-state index in [-0.39, 0.29) is 17.9 Å². The Bertz CT molecular complexity index is 391. The zero-order valence-electron chi connectivity index (χ0n) is 10.5. The van der Waals surface area contributed by atoms with Crippen LogP contribution < -0.4 is 5.73 Å². The molecule has 1 aromatic rings. The van der Waals surface area contributed by atoms with Crippen LogP contribution in [-0.2, 0) is 17.9 Å². The van der Waals surface area contributed by atoms with E-state index in [1.54, 1.807) is 0 Å². The van der Waals surface area contributed by atoms with E-state index in [2.05, 4.69) is 19.1 Å². The van der Waals surface area contributed by atoms with Crippen molar-refractivity contribution in [2.24, 2.45) is 11.7 Å². The third kappa shape index (κ3) is 2.34. The smallest absolute Gasteiger partial charge is 0.240 e. The lowest BCUT2D eigenvalue weighted by Gasteiger charge is -2.23. The summed E-state index contributed by atoms with van der Waals surface area (Å²) >= 11 is 0. The summed E-state index contributed by atoms with van der Waals surface area (Å²) in [4.78, 5) is 14.1. The summed E-state index contributed by atoms with van der Waals surface area (Å²) in [5.74, 6) is 0.321. The third-order valence-electron chi connectivity index (χ3n) is 3.69. The number of hydrogen-bond acceptors (Lipinski definition) is 2. The molecule has 0 fully saturated rings. The van der Waals surface area contributed by atoms with Gasteiger partial charge in [-0.25, -0.2) is 0 Å². The van der Waals surface area contributed by atoms with Gasteiger partial charge >= 0.3 is 0 Å². The topological polar surface area (TPSA) is 46.3 Å². The van der Waals surface area contributed by atoms with Crippen LogP contribution in [0.4, 0.5) is 0 Å². The summed E-state index contributed by atoms with van der Waals surface area (Å²) in [5, 5.41) is 0. The van der Waals surface area contributed by atoms with Gasteiger partial charge in [-0.15, -0.1) is 0 Å². The standard InChI is InChI=1S/C14H20N2O/c1-3-10(2)13(15)14(17)16-8-11-6-4-5-7-12(11)9-16/h4-7,10,13H,3,8-9,15H2,1-2H3/t10-,13-/m0/s1. The van der Waals surface area contributed by atoms with Crippen LogP contribution in [0.3, 0.4) is 0 Å². The van der Waals surface area contributed by atoms with Gasteiger partial charge in [0.05, 0.1) is 6.04 Å². The summed E-state index contributed by atoms with van der Waals surface area (Å²) < 4.78 is 0. The van der Waals surface area contributed by atoms with Crippen LogP contribution in [0.15, 0.2) is 24.3 Å². The third-order valence-corrected chi connectivity index (χ3v) is 3.69. The van der Waals surface area contributed by atoms with Gasteiger partial charge < -0.3 is 10.6 Å². The van der Waals surface area contributed by atoms with Gasteiger partial charge in [-0.1, -0.05) is 44.5 Å². The van der Waals surface area contributed by atoms with Gasteiger partial charge in [0, 0.05) is 13.1 Å². The predicted molar refractivity (Wildman–Crippen MR) is 68.1 cm³/mol. The molecule has 0 radical (unpaired) electrons.